The van der Waals surface area contributed by atoms with Gasteiger partial charge in [0.25, 0.3) is 0 Å². The summed E-state index contributed by atoms with van der Waals surface area (Å²) in [5.41, 5.74) is 3.73. The van der Waals surface area contributed by atoms with Gasteiger partial charge in [-0.3, -0.25) is 4.68 Å². The van der Waals surface area contributed by atoms with E-state index in [1.165, 1.54) is 11.8 Å². The standard InChI is InChI=1S/C14H14N4O2S/c1-8-6-21-7-9(8)3-15-12-10-5-17-18(2)13(10)16-4-11(12)14(19)20/h4-7H,3H2,1-2H3,(H,15,16)(H,19,20). The molecule has 3 rings (SSSR count). The monoisotopic (exact) mass is 302 g/mol. The summed E-state index contributed by atoms with van der Waals surface area (Å²) in [6, 6.07) is 0. The molecule has 3 heterocycles. The highest BCUT2D eigenvalue weighted by molar-refractivity contribution is 7.08. The van der Waals surface area contributed by atoms with E-state index in [1.54, 1.807) is 29.3 Å². The smallest absolute Gasteiger partial charge is 0.339 e. The van der Waals surface area contributed by atoms with Gasteiger partial charge < -0.3 is 10.4 Å². The van der Waals surface area contributed by atoms with Gasteiger partial charge in [0, 0.05) is 19.8 Å². The quantitative estimate of drug-likeness (QED) is 0.774. The van der Waals surface area contributed by atoms with Crippen LogP contribution >= 0.6 is 11.3 Å². The summed E-state index contributed by atoms with van der Waals surface area (Å²) in [7, 11) is 1.78. The number of fused-ring (bicyclic) bond motifs is 1. The van der Waals surface area contributed by atoms with E-state index < -0.39 is 5.97 Å². The van der Waals surface area contributed by atoms with E-state index in [2.05, 4.69) is 26.2 Å². The van der Waals surface area contributed by atoms with Gasteiger partial charge in [0.2, 0.25) is 0 Å². The van der Waals surface area contributed by atoms with Gasteiger partial charge in [-0.15, -0.1) is 0 Å². The van der Waals surface area contributed by atoms with Crippen molar-refractivity contribution < 1.29 is 9.90 Å². The minimum atomic E-state index is -1.00. The maximum atomic E-state index is 11.4. The topological polar surface area (TPSA) is 80.0 Å². The van der Waals surface area contributed by atoms with Crippen molar-refractivity contribution >= 4 is 34.0 Å². The fraction of sp³-hybridized carbons (Fsp3) is 0.214. The minimum Gasteiger partial charge on any atom is -0.478 e. The number of nitrogens with zero attached hydrogens (tertiary/aromatic N) is 3. The molecule has 0 aliphatic heterocycles. The van der Waals surface area contributed by atoms with Crippen molar-refractivity contribution in [3.63, 3.8) is 0 Å². The minimum absolute atomic E-state index is 0.156. The summed E-state index contributed by atoms with van der Waals surface area (Å²) < 4.78 is 1.63. The van der Waals surface area contributed by atoms with E-state index in [4.69, 9.17) is 0 Å². The lowest BCUT2D eigenvalue weighted by Crippen LogP contribution is -2.08. The van der Waals surface area contributed by atoms with Crippen molar-refractivity contribution in [2.24, 2.45) is 7.05 Å². The summed E-state index contributed by atoms with van der Waals surface area (Å²) in [5.74, 6) is -1.00. The highest BCUT2D eigenvalue weighted by Gasteiger charge is 2.17. The number of carboxylic acids is 1. The van der Waals surface area contributed by atoms with Gasteiger partial charge >= 0.3 is 5.97 Å². The molecule has 0 radical (unpaired) electrons. The van der Waals surface area contributed by atoms with E-state index in [-0.39, 0.29) is 5.56 Å². The van der Waals surface area contributed by atoms with Crippen LogP contribution < -0.4 is 5.32 Å². The Labute approximate surface area is 125 Å². The molecule has 0 aromatic carbocycles. The van der Waals surface area contributed by atoms with Crippen LogP contribution in [0.5, 0.6) is 0 Å². The number of aryl methyl sites for hydroxylation is 2. The summed E-state index contributed by atoms with van der Waals surface area (Å²) in [6.07, 6.45) is 3.01. The molecule has 21 heavy (non-hydrogen) atoms. The van der Waals surface area contributed by atoms with Crippen LogP contribution in [0.3, 0.4) is 0 Å². The van der Waals surface area contributed by atoms with Gasteiger partial charge in [0.1, 0.15) is 5.56 Å². The first-order chi connectivity index (χ1) is 10.1. The number of hydrogen-bond acceptors (Lipinski definition) is 5. The number of nitrogens with one attached hydrogen (secondary N) is 1. The van der Waals surface area contributed by atoms with Crippen LogP contribution in [0.15, 0.2) is 23.2 Å². The first-order valence-corrected chi connectivity index (χ1v) is 7.31. The van der Waals surface area contributed by atoms with E-state index >= 15 is 0 Å². The van der Waals surface area contributed by atoms with E-state index in [9.17, 15) is 9.90 Å². The normalized spacial score (nSPS) is 11.0. The Bertz CT molecular complexity index is 822. The second kappa shape index (κ2) is 5.17. The molecule has 0 fully saturated rings. The van der Waals surface area contributed by atoms with Crippen LogP contribution in [0.1, 0.15) is 21.5 Å². The first-order valence-electron chi connectivity index (χ1n) is 6.37. The predicted octanol–water partition coefficient (Wildman–Crippen LogP) is 2.65. The van der Waals surface area contributed by atoms with Crippen LogP contribution in [0.25, 0.3) is 11.0 Å². The highest BCUT2D eigenvalue weighted by Crippen LogP contribution is 2.27. The zero-order valence-electron chi connectivity index (χ0n) is 11.6. The third-order valence-corrected chi connectivity index (χ3v) is 4.32. The lowest BCUT2D eigenvalue weighted by atomic mass is 10.1. The molecule has 7 heteroatoms. The number of aromatic carboxylic acids is 1. The number of hydrogen-bond donors (Lipinski definition) is 2. The summed E-state index contributed by atoms with van der Waals surface area (Å²) in [5, 5.41) is 21.6. The Kier molecular flexibility index (Phi) is 3.34. The summed E-state index contributed by atoms with van der Waals surface area (Å²) in [6.45, 7) is 2.61. The van der Waals surface area contributed by atoms with Crippen LogP contribution in [0.4, 0.5) is 5.69 Å². The SMILES string of the molecule is Cc1cscc1CNc1c(C(=O)O)cnc2c1cnn2C. The van der Waals surface area contributed by atoms with Gasteiger partial charge in [0.15, 0.2) is 5.65 Å². The van der Waals surface area contributed by atoms with Gasteiger partial charge in [-0.2, -0.15) is 16.4 Å². The Morgan fingerprint density at radius 3 is 2.90 bits per heavy atom. The van der Waals surface area contributed by atoms with Gasteiger partial charge in [0.05, 0.1) is 17.3 Å². The highest BCUT2D eigenvalue weighted by atomic mass is 32.1. The van der Waals surface area contributed by atoms with Crippen molar-refractivity contribution in [1.29, 1.82) is 0 Å². The van der Waals surface area contributed by atoms with E-state index in [1.807, 2.05) is 6.92 Å². The number of anilines is 1. The molecule has 0 bridgehead atoms. The van der Waals surface area contributed by atoms with Gasteiger partial charge in [-0.05, 0) is 28.8 Å². The number of pyridine rings is 1. The van der Waals surface area contributed by atoms with Crippen LogP contribution in [-0.2, 0) is 13.6 Å². The van der Waals surface area contributed by atoms with Crippen molar-refractivity contribution in [1.82, 2.24) is 14.8 Å². The third-order valence-electron chi connectivity index (χ3n) is 3.41. The molecule has 3 aromatic rings. The molecule has 108 valence electrons. The number of aromatic nitrogens is 3. The Hall–Kier alpha value is -2.41. The van der Waals surface area contributed by atoms with E-state index in [0.717, 1.165) is 5.56 Å². The fourth-order valence-corrected chi connectivity index (χ4v) is 3.06. The van der Waals surface area contributed by atoms with E-state index in [0.29, 0.717) is 23.3 Å². The molecule has 6 nitrogen and oxygen atoms in total. The lowest BCUT2D eigenvalue weighted by molar-refractivity contribution is 0.0697. The molecule has 3 aromatic heterocycles. The average Bonchev–Trinajstić information content (AvgIpc) is 3.03. The number of rotatable bonds is 4. The van der Waals surface area contributed by atoms with Crippen molar-refractivity contribution in [2.45, 2.75) is 13.5 Å². The zero-order valence-corrected chi connectivity index (χ0v) is 12.4. The molecular formula is C14H14N4O2S. The van der Waals surface area contributed by atoms with Crippen molar-refractivity contribution in [2.75, 3.05) is 5.32 Å². The second-order valence-electron chi connectivity index (χ2n) is 4.79. The number of thiophene rings is 1. The fourth-order valence-electron chi connectivity index (χ4n) is 2.20. The van der Waals surface area contributed by atoms with Gasteiger partial charge in [-0.1, -0.05) is 0 Å². The maximum absolute atomic E-state index is 11.4. The molecule has 0 amide bonds. The number of carbonyl (C=O) groups is 1. The second-order valence-corrected chi connectivity index (χ2v) is 5.53. The number of carboxylic acid groups (broad SMARTS) is 1. The van der Waals surface area contributed by atoms with Crippen molar-refractivity contribution in [3.8, 4) is 0 Å². The molecule has 0 atom stereocenters. The average molecular weight is 302 g/mol. The molecule has 0 saturated heterocycles. The predicted molar refractivity (Wildman–Crippen MR) is 81.9 cm³/mol. The summed E-state index contributed by atoms with van der Waals surface area (Å²) >= 11 is 1.63. The van der Waals surface area contributed by atoms with Crippen LogP contribution in [0, 0.1) is 6.92 Å². The molecule has 0 aliphatic carbocycles. The van der Waals surface area contributed by atoms with Crippen LogP contribution in [0.2, 0.25) is 0 Å². The first kappa shape index (κ1) is 13.6. The van der Waals surface area contributed by atoms with Gasteiger partial charge in [-0.25, -0.2) is 9.78 Å². The zero-order chi connectivity index (χ0) is 15.0. The summed E-state index contributed by atoms with van der Waals surface area (Å²) in [4.78, 5) is 15.6. The Morgan fingerprint density at radius 1 is 1.43 bits per heavy atom. The molecule has 0 saturated carbocycles. The lowest BCUT2D eigenvalue weighted by Gasteiger charge is -2.10. The largest absolute Gasteiger partial charge is 0.478 e. The molecule has 0 spiro atoms. The van der Waals surface area contributed by atoms with Crippen LogP contribution in [-0.4, -0.2) is 25.8 Å². The molecule has 2 N–H and O–H groups in total. The maximum Gasteiger partial charge on any atom is 0.339 e. The molecule has 0 aliphatic rings. The Morgan fingerprint density at radius 2 is 2.24 bits per heavy atom. The third kappa shape index (κ3) is 2.36. The van der Waals surface area contributed by atoms with Crippen molar-refractivity contribution in [3.05, 3.63) is 39.8 Å². The molecular weight excluding hydrogens is 288 g/mol. The Balaban J connectivity index is 2.04. The molecule has 0 unspecified atom stereocenters.